The van der Waals surface area contributed by atoms with Crippen LogP contribution in [0.2, 0.25) is 0 Å². The molecule has 0 atom stereocenters. The van der Waals surface area contributed by atoms with Gasteiger partial charge in [-0.05, 0) is 20.0 Å². The van der Waals surface area contributed by atoms with E-state index in [-0.39, 0.29) is 0 Å². The van der Waals surface area contributed by atoms with Gasteiger partial charge in [0.15, 0.2) is 0 Å². The molecule has 1 heterocycles. The van der Waals surface area contributed by atoms with Crippen LogP contribution < -0.4 is 10.1 Å². The van der Waals surface area contributed by atoms with E-state index in [9.17, 15) is 0 Å². The first-order valence-electron chi connectivity index (χ1n) is 6.51. The monoisotopic (exact) mass is 259 g/mol. The molecule has 2 rings (SSSR count). The highest BCUT2D eigenvalue weighted by atomic mass is 16.5. The minimum absolute atomic E-state index is 0.789. The number of aromatic nitrogens is 2. The zero-order chi connectivity index (χ0) is 13.7. The lowest BCUT2D eigenvalue weighted by Crippen LogP contribution is -2.10. The predicted octanol–water partition coefficient (Wildman–Crippen LogP) is 2.01. The van der Waals surface area contributed by atoms with E-state index < -0.39 is 0 Å². The molecule has 0 saturated heterocycles. The van der Waals surface area contributed by atoms with Gasteiger partial charge in [0.05, 0.1) is 25.7 Å². The van der Waals surface area contributed by atoms with E-state index in [0.717, 1.165) is 31.0 Å². The third-order valence-electron chi connectivity index (χ3n) is 3.11. The number of imidazole rings is 1. The van der Waals surface area contributed by atoms with Crippen LogP contribution in [-0.2, 0) is 13.0 Å². The van der Waals surface area contributed by atoms with Crippen molar-refractivity contribution in [2.75, 3.05) is 20.7 Å². The van der Waals surface area contributed by atoms with E-state index in [2.05, 4.69) is 40.1 Å². The molecule has 0 saturated carbocycles. The van der Waals surface area contributed by atoms with Crippen LogP contribution in [-0.4, -0.2) is 30.3 Å². The minimum Gasteiger partial charge on any atom is -0.496 e. The van der Waals surface area contributed by atoms with E-state index in [1.54, 1.807) is 7.11 Å². The summed E-state index contributed by atoms with van der Waals surface area (Å²) in [5.41, 5.74) is 3.53. The van der Waals surface area contributed by atoms with Crippen LogP contribution in [0, 0.1) is 6.92 Å². The predicted molar refractivity (Wildman–Crippen MR) is 76.7 cm³/mol. The summed E-state index contributed by atoms with van der Waals surface area (Å²) < 4.78 is 7.50. The van der Waals surface area contributed by atoms with Crippen LogP contribution in [0.25, 0.3) is 0 Å². The summed E-state index contributed by atoms with van der Waals surface area (Å²) in [6.45, 7) is 3.83. The van der Waals surface area contributed by atoms with E-state index in [4.69, 9.17) is 4.74 Å². The van der Waals surface area contributed by atoms with Crippen molar-refractivity contribution in [3.63, 3.8) is 0 Å². The fourth-order valence-electron chi connectivity index (χ4n) is 2.10. The average molecular weight is 259 g/mol. The van der Waals surface area contributed by atoms with Gasteiger partial charge in [-0.3, -0.25) is 0 Å². The second kappa shape index (κ2) is 6.38. The number of hydrogen-bond donors (Lipinski definition) is 1. The number of rotatable bonds is 6. The number of nitrogens with zero attached hydrogens (tertiary/aromatic N) is 2. The number of hydrogen-bond acceptors (Lipinski definition) is 3. The highest BCUT2D eigenvalue weighted by molar-refractivity contribution is 5.37. The van der Waals surface area contributed by atoms with Crippen molar-refractivity contribution in [1.29, 1.82) is 0 Å². The Morgan fingerprint density at radius 2 is 2.21 bits per heavy atom. The second-order valence-electron chi connectivity index (χ2n) is 4.71. The molecule has 0 radical (unpaired) electrons. The molecule has 0 aliphatic heterocycles. The molecular formula is C15H21N3O. The molecule has 0 aliphatic carbocycles. The lowest BCUT2D eigenvalue weighted by molar-refractivity contribution is 0.408. The van der Waals surface area contributed by atoms with Gasteiger partial charge in [-0.25, -0.2) is 4.98 Å². The van der Waals surface area contributed by atoms with Gasteiger partial charge in [0.1, 0.15) is 5.75 Å². The summed E-state index contributed by atoms with van der Waals surface area (Å²) in [7, 11) is 3.66. The van der Waals surface area contributed by atoms with Crippen molar-refractivity contribution < 1.29 is 4.74 Å². The van der Waals surface area contributed by atoms with E-state index in [1.165, 1.54) is 11.1 Å². The van der Waals surface area contributed by atoms with E-state index in [1.807, 2.05) is 19.4 Å². The van der Waals surface area contributed by atoms with Crippen molar-refractivity contribution in [2.45, 2.75) is 19.9 Å². The number of benzene rings is 1. The van der Waals surface area contributed by atoms with Crippen molar-refractivity contribution >= 4 is 0 Å². The van der Waals surface area contributed by atoms with Gasteiger partial charge >= 0.3 is 0 Å². The Kier molecular flexibility index (Phi) is 4.58. The topological polar surface area (TPSA) is 39.1 Å². The van der Waals surface area contributed by atoms with Crippen molar-refractivity contribution in [3.05, 3.63) is 47.5 Å². The normalized spacial score (nSPS) is 10.7. The van der Waals surface area contributed by atoms with Crippen molar-refractivity contribution in [3.8, 4) is 5.75 Å². The Labute approximate surface area is 114 Å². The smallest absolute Gasteiger partial charge is 0.123 e. The van der Waals surface area contributed by atoms with Crippen molar-refractivity contribution in [2.24, 2.45) is 0 Å². The van der Waals surface area contributed by atoms with Gasteiger partial charge in [-0.15, -0.1) is 0 Å². The lowest BCUT2D eigenvalue weighted by Gasteiger charge is -2.09. The maximum absolute atomic E-state index is 5.40. The Morgan fingerprint density at radius 3 is 2.95 bits per heavy atom. The molecule has 0 unspecified atom stereocenters. The number of nitrogens with one attached hydrogen (secondary N) is 1. The molecule has 4 nitrogen and oxygen atoms in total. The van der Waals surface area contributed by atoms with Crippen LogP contribution in [0.3, 0.4) is 0 Å². The lowest BCUT2D eigenvalue weighted by atomic mass is 10.1. The fourth-order valence-corrected chi connectivity index (χ4v) is 2.10. The van der Waals surface area contributed by atoms with Crippen LogP contribution in [0.1, 0.15) is 16.8 Å². The summed E-state index contributed by atoms with van der Waals surface area (Å²) in [5.74, 6) is 0.927. The average Bonchev–Trinajstić information content (AvgIpc) is 2.84. The summed E-state index contributed by atoms with van der Waals surface area (Å²) in [4.78, 5) is 4.41. The Balaban J connectivity index is 2.12. The zero-order valence-corrected chi connectivity index (χ0v) is 11.8. The van der Waals surface area contributed by atoms with E-state index >= 15 is 0 Å². The molecule has 0 aliphatic rings. The number of likely N-dealkylation sites (N-methyl/N-ethyl adjacent to an activating group) is 1. The highest BCUT2D eigenvalue weighted by Gasteiger charge is 2.05. The second-order valence-corrected chi connectivity index (χ2v) is 4.71. The van der Waals surface area contributed by atoms with Crippen molar-refractivity contribution in [1.82, 2.24) is 14.9 Å². The summed E-state index contributed by atoms with van der Waals surface area (Å²) >= 11 is 0. The molecule has 0 amide bonds. The standard InChI is InChI=1S/C15H21N3O/c1-12-4-5-15(19-3)13(8-12)9-18-10-14(17-11-18)6-7-16-2/h4-5,8,10-11,16H,6-7,9H2,1-3H3. The maximum Gasteiger partial charge on any atom is 0.123 e. The minimum atomic E-state index is 0.789. The van der Waals surface area contributed by atoms with Gasteiger partial charge in [0.2, 0.25) is 0 Å². The van der Waals surface area contributed by atoms with Gasteiger partial charge in [-0.1, -0.05) is 17.7 Å². The van der Waals surface area contributed by atoms with Gasteiger partial charge < -0.3 is 14.6 Å². The first-order chi connectivity index (χ1) is 9.22. The Hall–Kier alpha value is -1.81. The number of methoxy groups -OCH3 is 1. The van der Waals surface area contributed by atoms with Crippen LogP contribution >= 0.6 is 0 Å². The van der Waals surface area contributed by atoms with Crippen LogP contribution in [0.15, 0.2) is 30.7 Å². The number of ether oxygens (including phenoxy) is 1. The van der Waals surface area contributed by atoms with Gasteiger partial charge in [0.25, 0.3) is 0 Å². The molecule has 0 spiro atoms. The third kappa shape index (κ3) is 3.58. The molecule has 2 aromatic rings. The molecule has 1 N–H and O–H groups in total. The first-order valence-corrected chi connectivity index (χ1v) is 6.51. The largest absolute Gasteiger partial charge is 0.496 e. The maximum atomic E-state index is 5.40. The molecule has 19 heavy (non-hydrogen) atoms. The van der Waals surface area contributed by atoms with Gasteiger partial charge in [-0.2, -0.15) is 0 Å². The van der Waals surface area contributed by atoms with Crippen LogP contribution in [0.4, 0.5) is 0 Å². The summed E-state index contributed by atoms with van der Waals surface area (Å²) in [5, 5.41) is 3.13. The quantitative estimate of drug-likeness (QED) is 0.862. The molecule has 4 heteroatoms. The number of aryl methyl sites for hydroxylation is 1. The molecular weight excluding hydrogens is 238 g/mol. The Morgan fingerprint density at radius 1 is 1.37 bits per heavy atom. The molecule has 102 valence electrons. The zero-order valence-electron chi connectivity index (χ0n) is 11.8. The first kappa shape index (κ1) is 13.6. The molecule has 1 aromatic carbocycles. The van der Waals surface area contributed by atoms with E-state index in [0.29, 0.717) is 0 Å². The summed E-state index contributed by atoms with van der Waals surface area (Å²) in [6, 6.07) is 6.24. The van der Waals surface area contributed by atoms with Crippen LogP contribution in [0.5, 0.6) is 5.75 Å². The third-order valence-corrected chi connectivity index (χ3v) is 3.11. The summed E-state index contributed by atoms with van der Waals surface area (Å²) in [6.07, 6.45) is 4.93. The molecule has 1 aromatic heterocycles. The molecule has 0 bridgehead atoms. The SMILES string of the molecule is CNCCc1cn(Cc2cc(C)ccc2OC)cn1. The van der Waals surface area contributed by atoms with Gasteiger partial charge in [0, 0.05) is 24.7 Å². The Bertz CT molecular complexity index is 534. The molecule has 0 fully saturated rings. The fraction of sp³-hybridized carbons (Fsp3) is 0.400. The highest BCUT2D eigenvalue weighted by Crippen LogP contribution is 2.20.